The molecule has 1 fully saturated rings. The van der Waals surface area contributed by atoms with Gasteiger partial charge in [-0.3, -0.25) is 4.98 Å². The molecule has 0 unspecified atom stereocenters. The SMILES string of the molecule is Cc1ccc(C(=O)Oc2ccc(-c3cnc4ccccc4n3)cc2)cc1S(=O)(=O)N1CCOCC1. The highest BCUT2D eigenvalue weighted by Crippen LogP contribution is 2.25. The van der Waals surface area contributed by atoms with E-state index in [9.17, 15) is 13.2 Å². The van der Waals surface area contributed by atoms with Crippen molar-refractivity contribution in [3.8, 4) is 17.0 Å². The van der Waals surface area contributed by atoms with Gasteiger partial charge in [-0.1, -0.05) is 18.2 Å². The summed E-state index contributed by atoms with van der Waals surface area (Å²) in [6.45, 7) is 2.97. The highest BCUT2D eigenvalue weighted by Gasteiger charge is 2.28. The summed E-state index contributed by atoms with van der Waals surface area (Å²) in [6, 6.07) is 19.1. The summed E-state index contributed by atoms with van der Waals surface area (Å²) < 4.78 is 38.4. The molecule has 5 rings (SSSR count). The minimum Gasteiger partial charge on any atom is -0.423 e. The third-order valence-corrected chi connectivity index (χ3v) is 7.86. The van der Waals surface area contributed by atoms with E-state index in [-0.39, 0.29) is 23.5 Å². The van der Waals surface area contributed by atoms with E-state index < -0.39 is 16.0 Å². The first kappa shape index (κ1) is 23.1. The average Bonchev–Trinajstić information content (AvgIpc) is 2.89. The molecule has 0 amide bonds. The van der Waals surface area contributed by atoms with E-state index in [4.69, 9.17) is 9.47 Å². The zero-order valence-corrected chi connectivity index (χ0v) is 19.9. The fourth-order valence-electron chi connectivity index (χ4n) is 3.89. The summed E-state index contributed by atoms with van der Waals surface area (Å²) in [5.74, 6) is -0.299. The second-order valence-corrected chi connectivity index (χ2v) is 10.1. The normalized spacial score (nSPS) is 14.7. The number of benzene rings is 3. The molecular formula is C26H23N3O5S. The van der Waals surface area contributed by atoms with Crippen LogP contribution < -0.4 is 4.74 Å². The van der Waals surface area contributed by atoms with Crippen LogP contribution in [0.4, 0.5) is 0 Å². The van der Waals surface area contributed by atoms with Crippen LogP contribution in [0.2, 0.25) is 0 Å². The molecule has 0 N–H and O–H groups in total. The maximum absolute atomic E-state index is 13.1. The van der Waals surface area contributed by atoms with Crippen molar-refractivity contribution in [3.05, 3.63) is 84.1 Å². The number of carbonyl (C=O) groups excluding carboxylic acids is 1. The minimum atomic E-state index is -3.74. The Morgan fingerprint density at radius 1 is 0.971 bits per heavy atom. The number of nitrogens with zero attached hydrogens (tertiary/aromatic N) is 3. The summed E-state index contributed by atoms with van der Waals surface area (Å²) >= 11 is 0. The minimum absolute atomic E-state index is 0.0964. The van der Waals surface area contributed by atoms with Crippen LogP contribution in [0.25, 0.3) is 22.3 Å². The largest absolute Gasteiger partial charge is 0.423 e. The number of ether oxygens (including phenoxy) is 2. The molecule has 35 heavy (non-hydrogen) atoms. The summed E-state index contributed by atoms with van der Waals surface area (Å²) in [6.07, 6.45) is 1.70. The van der Waals surface area contributed by atoms with Crippen molar-refractivity contribution in [1.29, 1.82) is 0 Å². The lowest BCUT2D eigenvalue weighted by Gasteiger charge is -2.26. The number of hydrogen-bond acceptors (Lipinski definition) is 7. The molecule has 0 aliphatic carbocycles. The summed E-state index contributed by atoms with van der Waals surface area (Å²) in [5, 5.41) is 0. The number of hydrogen-bond donors (Lipinski definition) is 0. The van der Waals surface area contributed by atoms with Gasteiger partial charge in [0.05, 0.1) is 46.6 Å². The molecule has 1 aliphatic heterocycles. The molecule has 0 atom stereocenters. The number of rotatable bonds is 5. The van der Waals surface area contributed by atoms with Gasteiger partial charge < -0.3 is 9.47 Å². The predicted molar refractivity (Wildman–Crippen MR) is 131 cm³/mol. The van der Waals surface area contributed by atoms with Gasteiger partial charge in [-0.05, 0) is 61.0 Å². The van der Waals surface area contributed by atoms with Crippen LogP contribution in [0.5, 0.6) is 5.75 Å². The molecule has 9 heteroatoms. The zero-order chi connectivity index (χ0) is 24.4. The standard InChI is InChI=1S/C26H23N3O5S/c1-18-6-7-20(16-25(18)35(31,32)29-12-14-33-15-13-29)26(30)34-21-10-8-19(9-11-21)24-17-27-22-4-2-3-5-23(22)28-24/h2-11,16-17H,12-15H2,1H3. The Balaban J connectivity index is 1.34. The van der Waals surface area contributed by atoms with Crippen LogP contribution in [-0.2, 0) is 14.8 Å². The number of para-hydroxylation sites is 2. The maximum Gasteiger partial charge on any atom is 0.343 e. The topological polar surface area (TPSA) is 98.7 Å². The van der Waals surface area contributed by atoms with E-state index in [1.165, 1.54) is 10.4 Å². The number of morpholine rings is 1. The van der Waals surface area contributed by atoms with Crippen molar-refractivity contribution >= 4 is 27.0 Å². The van der Waals surface area contributed by atoms with Gasteiger partial charge in [0.2, 0.25) is 10.0 Å². The molecule has 1 aliphatic rings. The summed E-state index contributed by atoms with van der Waals surface area (Å²) in [5.41, 5.74) is 3.87. The Morgan fingerprint density at radius 3 is 2.43 bits per heavy atom. The fourth-order valence-corrected chi connectivity index (χ4v) is 5.55. The van der Waals surface area contributed by atoms with Gasteiger partial charge in [-0.2, -0.15) is 4.31 Å². The molecule has 1 saturated heterocycles. The van der Waals surface area contributed by atoms with Gasteiger partial charge in [0.1, 0.15) is 5.75 Å². The van der Waals surface area contributed by atoms with Gasteiger partial charge >= 0.3 is 5.97 Å². The highest BCUT2D eigenvalue weighted by atomic mass is 32.2. The fraction of sp³-hybridized carbons (Fsp3) is 0.192. The van der Waals surface area contributed by atoms with Gasteiger partial charge in [-0.25, -0.2) is 18.2 Å². The zero-order valence-electron chi connectivity index (χ0n) is 19.0. The predicted octanol–water partition coefficient (Wildman–Crippen LogP) is 3.85. The highest BCUT2D eigenvalue weighted by molar-refractivity contribution is 7.89. The van der Waals surface area contributed by atoms with Crippen molar-refractivity contribution in [2.24, 2.45) is 0 Å². The van der Waals surface area contributed by atoms with E-state index in [1.54, 1.807) is 49.5 Å². The van der Waals surface area contributed by atoms with E-state index >= 15 is 0 Å². The Bertz CT molecular complexity index is 1500. The average molecular weight is 490 g/mol. The second-order valence-electron chi connectivity index (χ2n) is 8.15. The first-order valence-electron chi connectivity index (χ1n) is 11.1. The first-order chi connectivity index (χ1) is 16.9. The number of sulfonamides is 1. The smallest absolute Gasteiger partial charge is 0.343 e. The van der Waals surface area contributed by atoms with Crippen molar-refractivity contribution in [2.75, 3.05) is 26.3 Å². The lowest BCUT2D eigenvalue weighted by molar-refractivity contribution is 0.0727. The first-order valence-corrected chi connectivity index (χ1v) is 12.6. The number of aryl methyl sites for hydroxylation is 1. The van der Waals surface area contributed by atoms with Crippen molar-refractivity contribution in [1.82, 2.24) is 14.3 Å². The maximum atomic E-state index is 13.1. The van der Waals surface area contributed by atoms with E-state index in [1.807, 2.05) is 24.3 Å². The monoisotopic (exact) mass is 489 g/mol. The lowest BCUT2D eigenvalue weighted by Crippen LogP contribution is -2.40. The van der Waals surface area contributed by atoms with Crippen LogP contribution in [0, 0.1) is 6.92 Å². The van der Waals surface area contributed by atoms with E-state index in [0.717, 1.165) is 16.6 Å². The molecule has 178 valence electrons. The van der Waals surface area contributed by atoms with Gasteiger partial charge in [0.25, 0.3) is 0 Å². The van der Waals surface area contributed by atoms with Crippen molar-refractivity contribution in [3.63, 3.8) is 0 Å². The molecule has 0 spiro atoms. The molecule has 0 bridgehead atoms. The number of aromatic nitrogens is 2. The van der Waals surface area contributed by atoms with E-state index in [2.05, 4.69) is 9.97 Å². The van der Waals surface area contributed by atoms with Crippen LogP contribution >= 0.6 is 0 Å². The molecule has 3 aromatic carbocycles. The molecule has 2 heterocycles. The van der Waals surface area contributed by atoms with Crippen molar-refractivity contribution < 1.29 is 22.7 Å². The quantitative estimate of drug-likeness (QED) is 0.310. The van der Waals surface area contributed by atoms with Crippen molar-refractivity contribution in [2.45, 2.75) is 11.8 Å². The molecule has 0 saturated carbocycles. The van der Waals surface area contributed by atoms with Crippen LogP contribution in [0.1, 0.15) is 15.9 Å². The summed E-state index contributed by atoms with van der Waals surface area (Å²) in [4.78, 5) is 22.0. The second kappa shape index (κ2) is 9.53. The number of esters is 1. The lowest BCUT2D eigenvalue weighted by atomic mass is 10.1. The molecule has 1 aromatic heterocycles. The third-order valence-electron chi connectivity index (χ3n) is 5.82. The summed E-state index contributed by atoms with van der Waals surface area (Å²) in [7, 11) is -3.74. The van der Waals surface area contributed by atoms with Crippen LogP contribution in [0.15, 0.2) is 77.8 Å². The van der Waals surface area contributed by atoms with E-state index in [0.29, 0.717) is 30.2 Å². The number of carbonyl (C=O) groups is 1. The van der Waals surface area contributed by atoms with Crippen LogP contribution in [-0.4, -0.2) is 55.0 Å². The molecular weight excluding hydrogens is 466 g/mol. The Kier molecular flexibility index (Phi) is 6.29. The Morgan fingerprint density at radius 2 is 1.69 bits per heavy atom. The van der Waals surface area contributed by atoms with Crippen LogP contribution in [0.3, 0.4) is 0 Å². The Hall–Kier alpha value is -3.66. The molecule has 0 radical (unpaired) electrons. The molecule has 4 aromatic rings. The van der Waals surface area contributed by atoms with Gasteiger partial charge in [0, 0.05) is 18.7 Å². The number of fused-ring (bicyclic) bond motifs is 1. The third kappa shape index (κ3) is 4.79. The molecule has 8 nitrogen and oxygen atoms in total. The van der Waals surface area contributed by atoms with Gasteiger partial charge in [-0.15, -0.1) is 0 Å². The van der Waals surface area contributed by atoms with Gasteiger partial charge in [0.15, 0.2) is 0 Å². The Labute approximate surface area is 203 Å².